The van der Waals surface area contributed by atoms with Gasteiger partial charge in [0.15, 0.2) is 0 Å². The first-order chi connectivity index (χ1) is 7.45. The van der Waals surface area contributed by atoms with Gasteiger partial charge in [-0.25, -0.2) is 0 Å². The molecule has 1 fully saturated rings. The lowest BCUT2D eigenvalue weighted by atomic mass is 9.98. The second kappa shape index (κ2) is 5.94. The molecule has 2 heteroatoms. The summed E-state index contributed by atoms with van der Waals surface area (Å²) in [7, 11) is 0. The van der Waals surface area contributed by atoms with Crippen LogP contribution in [0.15, 0.2) is 16.8 Å². The fraction of sp³-hybridized carbons (Fsp3) is 0.769. The zero-order valence-electron chi connectivity index (χ0n) is 9.37. The van der Waals surface area contributed by atoms with Crippen LogP contribution < -0.4 is 0 Å². The van der Waals surface area contributed by atoms with Crippen molar-refractivity contribution in [2.45, 2.75) is 63.9 Å². The Kier molecular flexibility index (Phi) is 4.24. The molecular weight excluding hydrogens is 186 g/mol. The maximum Gasteiger partial charge on any atom is 0.135 e. The van der Waals surface area contributed by atoms with Crippen molar-refractivity contribution >= 4 is 6.21 Å². The first-order valence-corrected chi connectivity index (χ1v) is 6.26. The summed E-state index contributed by atoms with van der Waals surface area (Å²) in [5.41, 5.74) is 1.23. The minimum atomic E-state index is 0.357. The van der Waals surface area contributed by atoms with Crippen molar-refractivity contribution in [2.75, 3.05) is 0 Å². The van der Waals surface area contributed by atoms with Crippen LogP contribution in [0.4, 0.5) is 0 Å². The van der Waals surface area contributed by atoms with Crippen LogP contribution in [0.2, 0.25) is 0 Å². The van der Waals surface area contributed by atoms with Crippen molar-refractivity contribution in [1.29, 1.82) is 0 Å². The normalized spacial score (nSPS) is 24.1. The van der Waals surface area contributed by atoms with Crippen LogP contribution >= 0.6 is 0 Å². The zero-order chi connectivity index (χ0) is 10.3. The van der Waals surface area contributed by atoms with Gasteiger partial charge < -0.3 is 4.84 Å². The number of allylic oxidation sites excluding steroid dienone is 2. The SMILES string of the molecule is [C](=N\OC1CCCCC1)/C1=CCCCC1. The van der Waals surface area contributed by atoms with Crippen molar-refractivity contribution in [3.05, 3.63) is 11.6 Å². The van der Waals surface area contributed by atoms with Gasteiger partial charge in [-0.1, -0.05) is 17.7 Å². The van der Waals surface area contributed by atoms with E-state index in [0.29, 0.717) is 6.10 Å². The monoisotopic (exact) mass is 206 g/mol. The van der Waals surface area contributed by atoms with Gasteiger partial charge in [-0.3, -0.25) is 0 Å². The largest absolute Gasteiger partial charge is 0.392 e. The average molecular weight is 206 g/mol. The fourth-order valence-corrected chi connectivity index (χ4v) is 2.27. The lowest BCUT2D eigenvalue weighted by molar-refractivity contribution is 0.0339. The zero-order valence-corrected chi connectivity index (χ0v) is 9.37. The van der Waals surface area contributed by atoms with E-state index in [9.17, 15) is 0 Å². The van der Waals surface area contributed by atoms with Gasteiger partial charge in [-0.15, -0.1) is 0 Å². The highest BCUT2D eigenvalue weighted by molar-refractivity contribution is 5.78. The highest BCUT2D eigenvalue weighted by Crippen LogP contribution is 2.20. The third-order valence-electron chi connectivity index (χ3n) is 3.23. The lowest BCUT2D eigenvalue weighted by Crippen LogP contribution is -2.13. The Morgan fingerprint density at radius 1 is 1.13 bits per heavy atom. The van der Waals surface area contributed by atoms with Crippen LogP contribution in [0.5, 0.6) is 0 Å². The van der Waals surface area contributed by atoms with Crippen LogP contribution in [-0.4, -0.2) is 12.3 Å². The minimum Gasteiger partial charge on any atom is -0.392 e. The van der Waals surface area contributed by atoms with Gasteiger partial charge in [0, 0.05) is 0 Å². The van der Waals surface area contributed by atoms with Crippen LogP contribution in [0.25, 0.3) is 0 Å². The number of nitrogens with zero attached hydrogens (tertiary/aromatic N) is 1. The number of hydrogen-bond acceptors (Lipinski definition) is 2. The van der Waals surface area contributed by atoms with Gasteiger partial charge in [-0.2, -0.15) is 0 Å². The Balaban J connectivity index is 1.71. The maximum atomic E-state index is 5.46. The van der Waals surface area contributed by atoms with Crippen LogP contribution in [0.3, 0.4) is 0 Å². The molecule has 83 valence electrons. The van der Waals surface area contributed by atoms with Crippen molar-refractivity contribution in [3.8, 4) is 0 Å². The third kappa shape index (κ3) is 3.69. The summed E-state index contributed by atoms with van der Waals surface area (Å²) in [6.45, 7) is 0. The molecule has 2 aliphatic carbocycles. The summed E-state index contributed by atoms with van der Waals surface area (Å²) in [4.78, 5) is 5.46. The van der Waals surface area contributed by atoms with E-state index in [1.807, 2.05) is 0 Å². The molecule has 15 heavy (non-hydrogen) atoms. The fourth-order valence-electron chi connectivity index (χ4n) is 2.27. The quantitative estimate of drug-likeness (QED) is 0.509. The van der Waals surface area contributed by atoms with Crippen molar-refractivity contribution in [3.63, 3.8) is 0 Å². The van der Waals surface area contributed by atoms with Crippen molar-refractivity contribution < 1.29 is 4.84 Å². The molecule has 1 radical (unpaired) electrons. The summed E-state index contributed by atoms with van der Waals surface area (Å²) < 4.78 is 0. The molecule has 0 spiro atoms. The molecule has 0 atom stereocenters. The maximum absolute atomic E-state index is 5.46. The van der Waals surface area contributed by atoms with E-state index in [2.05, 4.69) is 17.4 Å². The van der Waals surface area contributed by atoms with E-state index in [4.69, 9.17) is 4.84 Å². The van der Waals surface area contributed by atoms with Gasteiger partial charge >= 0.3 is 0 Å². The van der Waals surface area contributed by atoms with Crippen molar-refractivity contribution in [1.82, 2.24) is 0 Å². The molecule has 0 saturated heterocycles. The molecule has 0 bridgehead atoms. The van der Waals surface area contributed by atoms with Gasteiger partial charge in [-0.05, 0) is 56.9 Å². The van der Waals surface area contributed by atoms with Gasteiger partial charge in [0.1, 0.15) is 12.3 Å². The molecule has 2 rings (SSSR count). The first-order valence-electron chi connectivity index (χ1n) is 6.26. The van der Waals surface area contributed by atoms with Crippen LogP contribution in [-0.2, 0) is 4.84 Å². The molecule has 0 aromatic heterocycles. The van der Waals surface area contributed by atoms with E-state index in [-0.39, 0.29) is 0 Å². The molecule has 0 heterocycles. The predicted molar refractivity (Wildman–Crippen MR) is 61.9 cm³/mol. The highest BCUT2D eigenvalue weighted by Gasteiger charge is 2.13. The standard InChI is InChI=1S/C13H20NO/c1-3-7-12(8-4-1)11-14-15-13-9-5-2-6-10-13/h7,13H,1-6,8-10H2. The Labute approximate surface area is 92.4 Å². The van der Waals surface area contributed by atoms with Crippen LogP contribution in [0, 0.1) is 0 Å². The van der Waals surface area contributed by atoms with E-state index in [1.165, 1.54) is 56.9 Å². The second-order valence-corrected chi connectivity index (χ2v) is 4.54. The summed E-state index contributed by atoms with van der Waals surface area (Å²) in [6.07, 6.45) is 16.8. The van der Waals surface area contributed by atoms with Gasteiger partial charge in [0.25, 0.3) is 0 Å². The van der Waals surface area contributed by atoms with E-state index < -0.39 is 0 Å². The Hall–Kier alpha value is -0.790. The third-order valence-corrected chi connectivity index (χ3v) is 3.23. The summed E-state index contributed by atoms with van der Waals surface area (Å²) in [5, 5.41) is 4.00. The van der Waals surface area contributed by atoms with E-state index >= 15 is 0 Å². The molecule has 0 unspecified atom stereocenters. The van der Waals surface area contributed by atoms with Gasteiger partial charge in [0.2, 0.25) is 0 Å². The number of hydrogen-bond donors (Lipinski definition) is 0. The minimum absolute atomic E-state index is 0.357. The second-order valence-electron chi connectivity index (χ2n) is 4.54. The molecule has 0 aromatic carbocycles. The molecule has 1 saturated carbocycles. The Morgan fingerprint density at radius 3 is 2.73 bits per heavy atom. The topological polar surface area (TPSA) is 21.6 Å². The molecule has 0 amide bonds. The van der Waals surface area contributed by atoms with E-state index in [0.717, 1.165) is 6.42 Å². The smallest absolute Gasteiger partial charge is 0.135 e. The molecular formula is C13H20NO. The summed E-state index contributed by atoms with van der Waals surface area (Å²) in [6, 6.07) is 0. The molecule has 0 aromatic rings. The predicted octanol–water partition coefficient (Wildman–Crippen LogP) is 3.70. The first kappa shape index (κ1) is 10.7. The number of rotatable bonds is 3. The van der Waals surface area contributed by atoms with E-state index in [1.54, 1.807) is 0 Å². The summed E-state index contributed by atoms with van der Waals surface area (Å²) >= 11 is 0. The molecule has 2 aliphatic rings. The highest BCUT2D eigenvalue weighted by atomic mass is 16.6. The molecule has 0 N–H and O–H groups in total. The average Bonchev–Trinajstić information content (AvgIpc) is 2.32. The molecule has 2 nitrogen and oxygen atoms in total. The summed E-state index contributed by atoms with van der Waals surface area (Å²) in [5.74, 6) is 0. The Morgan fingerprint density at radius 2 is 2.00 bits per heavy atom. The van der Waals surface area contributed by atoms with Crippen LogP contribution in [0.1, 0.15) is 57.8 Å². The lowest BCUT2D eigenvalue weighted by Gasteiger charge is -2.19. The Bertz CT molecular complexity index is 239. The van der Waals surface area contributed by atoms with Crippen molar-refractivity contribution in [2.24, 2.45) is 5.16 Å². The van der Waals surface area contributed by atoms with Gasteiger partial charge in [0.05, 0.1) is 0 Å². The molecule has 0 aliphatic heterocycles.